The van der Waals surface area contributed by atoms with Crippen LogP contribution in [-0.4, -0.2) is 23.2 Å². The summed E-state index contributed by atoms with van der Waals surface area (Å²) in [6, 6.07) is 6.91. The molecule has 0 fully saturated rings. The molecular formula is C16H21FN2O. The molecule has 2 N–H and O–H groups in total. The first kappa shape index (κ1) is 14.7. The molecule has 0 spiro atoms. The van der Waals surface area contributed by atoms with Gasteiger partial charge in [0.15, 0.2) is 0 Å². The van der Waals surface area contributed by atoms with Gasteiger partial charge in [-0.05, 0) is 30.9 Å². The Labute approximate surface area is 118 Å². The topological polar surface area (TPSA) is 45.1 Å². The van der Waals surface area contributed by atoms with Crippen LogP contribution < -0.4 is 5.32 Å². The van der Waals surface area contributed by atoms with Crippen molar-refractivity contribution >= 4 is 16.6 Å². The van der Waals surface area contributed by atoms with Gasteiger partial charge in [-0.2, -0.15) is 0 Å². The number of pyridine rings is 1. The van der Waals surface area contributed by atoms with Gasteiger partial charge in [0.25, 0.3) is 0 Å². The van der Waals surface area contributed by atoms with Crippen LogP contribution in [0.25, 0.3) is 10.9 Å². The molecule has 0 saturated carbocycles. The van der Waals surface area contributed by atoms with Crippen molar-refractivity contribution in [2.75, 3.05) is 18.5 Å². The third kappa shape index (κ3) is 3.25. The largest absolute Gasteiger partial charge is 0.396 e. The van der Waals surface area contributed by atoms with Crippen molar-refractivity contribution in [2.45, 2.75) is 27.2 Å². The van der Waals surface area contributed by atoms with Crippen molar-refractivity contribution in [2.24, 2.45) is 5.41 Å². The smallest absolute Gasteiger partial charge is 0.149 e. The molecule has 4 heteroatoms. The fourth-order valence-electron chi connectivity index (χ4n) is 2.21. The molecule has 0 radical (unpaired) electrons. The van der Waals surface area contributed by atoms with Crippen LogP contribution in [-0.2, 0) is 0 Å². The van der Waals surface area contributed by atoms with Gasteiger partial charge in [-0.15, -0.1) is 0 Å². The summed E-state index contributed by atoms with van der Waals surface area (Å²) in [5.74, 6) is -0.302. The number of para-hydroxylation sites is 1. The molecule has 1 aromatic heterocycles. The van der Waals surface area contributed by atoms with Crippen molar-refractivity contribution < 1.29 is 9.50 Å². The average molecular weight is 276 g/mol. The minimum absolute atomic E-state index is 0.0222. The summed E-state index contributed by atoms with van der Waals surface area (Å²) in [6.45, 7) is 6.91. The SMILES string of the molecule is Cc1cc(NCC(C)(C)CCO)c2cccc(F)c2n1. The summed E-state index contributed by atoms with van der Waals surface area (Å²) in [5, 5.41) is 13.2. The first-order valence-corrected chi connectivity index (χ1v) is 6.83. The maximum Gasteiger partial charge on any atom is 0.149 e. The van der Waals surface area contributed by atoms with Gasteiger partial charge in [-0.3, -0.25) is 0 Å². The van der Waals surface area contributed by atoms with Crippen molar-refractivity contribution in [1.29, 1.82) is 0 Å². The number of aliphatic hydroxyl groups excluding tert-OH is 1. The van der Waals surface area contributed by atoms with E-state index in [4.69, 9.17) is 5.11 Å². The third-order valence-electron chi connectivity index (χ3n) is 3.46. The summed E-state index contributed by atoms with van der Waals surface area (Å²) >= 11 is 0. The first-order chi connectivity index (χ1) is 9.43. The number of halogens is 1. The van der Waals surface area contributed by atoms with Crippen molar-refractivity contribution in [3.05, 3.63) is 35.8 Å². The van der Waals surface area contributed by atoms with E-state index in [0.29, 0.717) is 12.1 Å². The molecule has 0 bridgehead atoms. The Hall–Kier alpha value is -1.68. The molecule has 0 saturated heterocycles. The Morgan fingerprint density at radius 3 is 2.80 bits per heavy atom. The molecule has 3 nitrogen and oxygen atoms in total. The highest BCUT2D eigenvalue weighted by Gasteiger charge is 2.17. The highest BCUT2D eigenvalue weighted by atomic mass is 19.1. The van der Waals surface area contributed by atoms with Crippen LogP contribution in [0.4, 0.5) is 10.1 Å². The van der Waals surface area contributed by atoms with Gasteiger partial charge in [0.2, 0.25) is 0 Å². The van der Waals surface area contributed by atoms with Gasteiger partial charge >= 0.3 is 0 Å². The minimum atomic E-state index is -0.302. The van der Waals surface area contributed by atoms with Crippen LogP contribution in [0, 0.1) is 18.2 Å². The quantitative estimate of drug-likeness (QED) is 0.878. The summed E-state index contributed by atoms with van der Waals surface area (Å²) in [4.78, 5) is 4.26. The van der Waals surface area contributed by atoms with Crippen molar-refractivity contribution in [1.82, 2.24) is 4.98 Å². The number of fused-ring (bicyclic) bond motifs is 1. The number of rotatable bonds is 5. The molecule has 0 unspecified atom stereocenters. The van der Waals surface area contributed by atoms with Crippen LogP contribution >= 0.6 is 0 Å². The van der Waals surface area contributed by atoms with E-state index in [2.05, 4.69) is 24.1 Å². The monoisotopic (exact) mass is 276 g/mol. The first-order valence-electron chi connectivity index (χ1n) is 6.83. The van der Waals surface area contributed by atoms with Crippen molar-refractivity contribution in [3.63, 3.8) is 0 Å². The number of anilines is 1. The van der Waals surface area contributed by atoms with Crippen LogP contribution in [0.2, 0.25) is 0 Å². The average Bonchev–Trinajstić information content (AvgIpc) is 2.37. The lowest BCUT2D eigenvalue weighted by atomic mass is 9.89. The van der Waals surface area contributed by atoms with Crippen LogP contribution in [0.1, 0.15) is 26.0 Å². The van der Waals surface area contributed by atoms with Gasteiger partial charge in [0.05, 0.1) is 0 Å². The maximum atomic E-state index is 13.8. The molecule has 0 aliphatic carbocycles. The van der Waals surface area contributed by atoms with Crippen molar-refractivity contribution in [3.8, 4) is 0 Å². The number of aromatic nitrogens is 1. The molecule has 0 aliphatic heterocycles. The summed E-state index contributed by atoms with van der Waals surface area (Å²) in [7, 11) is 0. The summed E-state index contributed by atoms with van der Waals surface area (Å²) < 4.78 is 13.8. The lowest BCUT2D eigenvalue weighted by Crippen LogP contribution is -2.24. The van der Waals surface area contributed by atoms with E-state index in [1.54, 1.807) is 6.07 Å². The number of benzene rings is 1. The highest BCUT2D eigenvalue weighted by molar-refractivity contribution is 5.91. The Bertz CT molecular complexity index is 611. The molecule has 2 rings (SSSR count). The Kier molecular flexibility index (Phi) is 4.23. The van der Waals surface area contributed by atoms with Gasteiger partial charge in [-0.25, -0.2) is 9.37 Å². The molecule has 2 aromatic rings. The standard InChI is InChI=1S/C16H21FN2O/c1-11-9-14(18-10-16(2,3)7-8-20)12-5-4-6-13(17)15(12)19-11/h4-6,9,20H,7-8,10H2,1-3H3,(H,18,19). The predicted molar refractivity (Wildman–Crippen MR) is 80.4 cm³/mol. The van der Waals surface area contributed by atoms with Crippen LogP contribution in [0.5, 0.6) is 0 Å². The predicted octanol–water partition coefficient (Wildman–Crippen LogP) is 3.50. The summed E-state index contributed by atoms with van der Waals surface area (Å²) in [5.41, 5.74) is 2.05. The van der Waals surface area contributed by atoms with E-state index < -0.39 is 0 Å². The van der Waals surface area contributed by atoms with Crippen LogP contribution in [0.3, 0.4) is 0 Å². The molecular weight excluding hydrogens is 255 g/mol. The number of nitrogens with one attached hydrogen (secondary N) is 1. The van der Waals surface area contributed by atoms with Gasteiger partial charge in [-0.1, -0.05) is 26.0 Å². The molecule has 0 aliphatic rings. The van der Waals surface area contributed by atoms with Crippen LogP contribution in [0.15, 0.2) is 24.3 Å². The van der Waals surface area contributed by atoms with E-state index in [0.717, 1.165) is 23.2 Å². The molecule has 1 heterocycles. The Balaban J connectivity index is 2.32. The highest BCUT2D eigenvalue weighted by Crippen LogP contribution is 2.27. The zero-order valence-corrected chi connectivity index (χ0v) is 12.2. The fraction of sp³-hybridized carbons (Fsp3) is 0.438. The zero-order valence-electron chi connectivity index (χ0n) is 12.2. The van der Waals surface area contributed by atoms with Gasteiger partial charge < -0.3 is 10.4 Å². The number of hydrogen-bond donors (Lipinski definition) is 2. The van der Waals surface area contributed by atoms with E-state index in [9.17, 15) is 4.39 Å². The summed E-state index contributed by atoms with van der Waals surface area (Å²) in [6.07, 6.45) is 0.719. The van der Waals surface area contributed by atoms with E-state index in [-0.39, 0.29) is 17.8 Å². The Morgan fingerprint density at radius 1 is 1.35 bits per heavy atom. The maximum absolute atomic E-state index is 13.8. The number of aliphatic hydroxyl groups is 1. The van der Waals surface area contributed by atoms with E-state index in [1.165, 1.54) is 6.07 Å². The third-order valence-corrected chi connectivity index (χ3v) is 3.46. The normalized spacial score (nSPS) is 11.8. The molecule has 0 atom stereocenters. The van der Waals surface area contributed by atoms with E-state index in [1.807, 2.05) is 19.1 Å². The second-order valence-corrected chi connectivity index (χ2v) is 5.94. The zero-order chi connectivity index (χ0) is 14.8. The minimum Gasteiger partial charge on any atom is -0.396 e. The van der Waals surface area contributed by atoms with Gasteiger partial charge in [0.1, 0.15) is 11.3 Å². The number of hydrogen-bond acceptors (Lipinski definition) is 3. The fourth-order valence-corrected chi connectivity index (χ4v) is 2.21. The lowest BCUT2D eigenvalue weighted by Gasteiger charge is -2.25. The second-order valence-electron chi connectivity index (χ2n) is 5.94. The number of aryl methyl sites for hydroxylation is 1. The molecule has 0 amide bonds. The molecule has 1 aromatic carbocycles. The second kappa shape index (κ2) is 5.75. The Morgan fingerprint density at radius 2 is 2.10 bits per heavy atom. The molecule has 108 valence electrons. The van der Waals surface area contributed by atoms with Gasteiger partial charge in [0, 0.05) is 29.9 Å². The number of nitrogens with zero attached hydrogens (tertiary/aromatic N) is 1. The molecule has 20 heavy (non-hydrogen) atoms. The lowest BCUT2D eigenvalue weighted by molar-refractivity contribution is 0.220. The van der Waals surface area contributed by atoms with E-state index >= 15 is 0 Å².